The first-order chi connectivity index (χ1) is 9.29. The van der Waals surface area contributed by atoms with E-state index in [0.717, 1.165) is 25.4 Å². The Morgan fingerprint density at radius 1 is 1.32 bits per heavy atom. The molecule has 1 fully saturated rings. The first-order valence-electron chi connectivity index (χ1n) is 7.45. The number of hydrogen-bond donors (Lipinski definition) is 1. The van der Waals surface area contributed by atoms with Crippen molar-refractivity contribution in [3.05, 3.63) is 30.3 Å². The van der Waals surface area contributed by atoms with Crippen molar-refractivity contribution in [3.8, 4) is 5.75 Å². The van der Waals surface area contributed by atoms with Gasteiger partial charge < -0.3 is 10.1 Å². The summed E-state index contributed by atoms with van der Waals surface area (Å²) in [6.45, 7) is 8.57. The Morgan fingerprint density at radius 2 is 2.11 bits per heavy atom. The van der Waals surface area contributed by atoms with E-state index in [1.165, 1.54) is 19.4 Å². The maximum Gasteiger partial charge on any atom is 0.119 e. The summed E-state index contributed by atoms with van der Waals surface area (Å²) < 4.78 is 5.77. The lowest BCUT2D eigenvalue weighted by molar-refractivity contribution is 0.115. The van der Waals surface area contributed by atoms with Crippen LogP contribution in [-0.2, 0) is 0 Å². The van der Waals surface area contributed by atoms with Crippen molar-refractivity contribution in [1.82, 2.24) is 10.2 Å². The monoisotopic (exact) mass is 262 g/mol. The molecule has 19 heavy (non-hydrogen) atoms. The first-order valence-corrected chi connectivity index (χ1v) is 7.45. The van der Waals surface area contributed by atoms with Crippen molar-refractivity contribution in [2.45, 2.75) is 38.8 Å². The van der Waals surface area contributed by atoms with E-state index in [-0.39, 0.29) is 0 Å². The Balaban J connectivity index is 1.69. The lowest BCUT2D eigenvalue weighted by atomic mass is 9.98. The van der Waals surface area contributed by atoms with Crippen LogP contribution in [0.2, 0.25) is 0 Å². The van der Waals surface area contributed by atoms with Gasteiger partial charge in [0.15, 0.2) is 0 Å². The van der Waals surface area contributed by atoms with Gasteiger partial charge in [-0.15, -0.1) is 0 Å². The van der Waals surface area contributed by atoms with E-state index in [1.807, 2.05) is 30.3 Å². The average Bonchev–Trinajstić information content (AvgIpc) is 2.43. The Kier molecular flexibility index (Phi) is 5.67. The number of piperidine rings is 1. The van der Waals surface area contributed by atoms with E-state index in [1.54, 1.807) is 0 Å². The van der Waals surface area contributed by atoms with Gasteiger partial charge >= 0.3 is 0 Å². The topological polar surface area (TPSA) is 24.5 Å². The van der Waals surface area contributed by atoms with Crippen molar-refractivity contribution in [2.24, 2.45) is 0 Å². The number of nitrogens with zero attached hydrogens (tertiary/aromatic N) is 1. The molecule has 3 nitrogen and oxygen atoms in total. The summed E-state index contributed by atoms with van der Waals surface area (Å²) in [7, 11) is 0. The summed E-state index contributed by atoms with van der Waals surface area (Å²) >= 11 is 0. The van der Waals surface area contributed by atoms with Gasteiger partial charge in [-0.25, -0.2) is 0 Å². The lowest BCUT2D eigenvalue weighted by Gasteiger charge is -2.37. The maximum absolute atomic E-state index is 5.77. The molecule has 1 aromatic carbocycles. The molecular weight excluding hydrogens is 236 g/mol. The quantitative estimate of drug-likeness (QED) is 0.852. The Bertz CT molecular complexity index is 355. The standard InChI is InChI=1S/C16H26N2O/c1-3-17-15-9-10-18(14(2)13-15)11-12-19-16-7-5-4-6-8-16/h4-8,14-15,17H,3,9-13H2,1-2H3. The molecule has 0 spiro atoms. The minimum Gasteiger partial charge on any atom is -0.492 e. The van der Waals surface area contributed by atoms with E-state index < -0.39 is 0 Å². The normalized spacial score (nSPS) is 24.3. The molecule has 0 amide bonds. The first kappa shape index (κ1) is 14.4. The molecule has 0 radical (unpaired) electrons. The van der Waals surface area contributed by atoms with Gasteiger partial charge in [0.05, 0.1) is 0 Å². The molecule has 1 aliphatic rings. The number of nitrogens with one attached hydrogen (secondary N) is 1. The zero-order valence-electron chi connectivity index (χ0n) is 12.1. The second-order valence-corrected chi connectivity index (χ2v) is 5.33. The second kappa shape index (κ2) is 7.51. The van der Waals surface area contributed by atoms with Crippen LogP contribution in [0.5, 0.6) is 5.75 Å². The van der Waals surface area contributed by atoms with Crippen LogP contribution in [0, 0.1) is 0 Å². The smallest absolute Gasteiger partial charge is 0.119 e. The third kappa shape index (κ3) is 4.51. The molecule has 1 saturated heterocycles. The molecule has 1 heterocycles. The summed E-state index contributed by atoms with van der Waals surface area (Å²) in [6, 6.07) is 11.4. The molecule has 1 aliphatic heterocycles. The van der Waals surface area contributed by atoms with E-state index in [2.05, 4.69) is 24.1 Å². The number of benzene rings is 1. The highest BCUT2D eigenvalue weighted by atomic mass is 16.5. The largest absolute Gasteiger partial charge is 0.492 e. The van der Waals surface area contributed by atoms with Gasteiger partial charge in [-0.1, -0.05) is 25.1 Å². The molecule has 1 aromatic rings. The van der Waals surface area contributed by atoms with Gasteiger partial charge in [-0.05, 0) is 38.4 Å². The highest BCUT2D eigenvalue weighted by Gasteiger charge is 2.24. The molecular formula is C16H26N2O. The van der Waals surface area contributed by atoms with Crippen LogP contribution >= 0.6 is 0 Å². The summed E-state index contributed by atoms with van der Waals surface area (Å²) in [5.41, 5.74) is 0. The molecule has 3 heteroatoms. The molecule has 2 unspecified atom stereocenters. The van der Waals surface area contributed by atoms with Crippen LogP contribution in [0.3, 0.4) is 0 Å². The van der Waals surface area contributed by atoms with Crippen LogP contribution in [-0.4, -0.2) is 43.2 Å². The highest BCUT2D eigenvalue weighted by Crippen LogP contribution is 2.17. The molecule has 0 bridgehead atoms. The van der Waals surface area contributed by atoms with Crippen LogP contribution in [0.15, 0.2) is 30.3 Å². The molecule has 0 aliphatic carbocycles. The van der Waals surface area contributed by atoms with Crippen LogP contribution in [0.1, 0.15) is 26.7 Å². The van der Waals surface area contributed by atoms with Crippen molar-refractivity contribution >= 4 is 0 Å². The van der Waals surface area contributed by atoms with Gasteiger partial charge in [0.25, 0.3) is 0 Å². The van der Waals surface area contributed by atoms with Crippen molar-refractivity contribution in [1.29, 1.82) is 0 Å². The van der Waals surface area contributed by atoms with Crippen molar-refractivity contribution in [3.63, 3.8) is 0 Å². The fourth-order valence-electron chi connectivity index (χ4n) is 2.82. The number of likely N-dealkylation sites (tertiary alicyclic amines) is 1. The minimum absolute atomic E-state index is 0.650. The summed E-state index contributed by atoms with van der Waals surface area (Å²) in [5, 5.41) is 3.56. The van der Waals surface area contributed by atoms with E-state index in [9.17, 15) is 0 Å². The van der Waals surface area contributed by atoms with Crippen molar-refractivity contribution in [2.75, 3.05) is 26.2 Å². The molecule has 106 valence electrons. The molecule has 2 atom stereocenters. The Morgan fingerprint density at radius 3 is 2.79 bits per heavy atom. The lowest BCUT2D eigenvalue weighted by Crippen LogP contribution is -2.48. The third-order valence-electron chi connectivity index (χ3n) is 3.90. The molecule has 2 rings (SSSR count). The zero-order valence-corrected chi connectivity index (χ0v) is 12.1. The zero-order chi connectivity index (χ0) is 13.5. The predicted molar refractivity (Wildman–Crippen MR) is 79.7 cm³/mol. The Labute approximate surface area is 116 Å². The van der Waals surface area contributed by atoms with Gasteiger partial charge in [0.2, 0.25) is 0 Å². The van der Waals surface area contributed by atoms with Gasteiger partial charge in [-0.3, -0.25) is 4.90 Å². The highest BCUT2D eigenvalue weighted by molar-refractivity contribution is 5.20. The average molecular weight is 262 g/mol. The number of para-hydroxylation sites is 1. The van der Waals surface area contributed by atoms with Gasteiger partial charge in [-0.2, -0.15) is 0 Å². The number of ether oxygens (including phenoxy) is 1. The van der Waals surface area contributed by atoms with Gasteiger partial charge in [0.1, 0.15) is 12.4 Å². The van der Waals surface area contributed by atoms with Crippen LogP contribution in [0.25, 0.3) is 0 Å². The van der Waals surface area contributed by atoms with Crippen LogP contribution in [0.4, 0.5) is 0 Å². The van der Waals surface area contributed by atoms with Crippen molar-refractivity contribution < 1.29 is 4.74 Å². The summed E-state index contributed by atoms with van der Waals surface area (Å²) in [4.78, 5) is 2.54. The maximum atomic E-state index is 5.77. The summed E-state index contributed by atoms with van der Waals surface area (Å²) in [5.74, 6) is 0.970. The van der Waals surface area contributed by atoms with E-state index in [4.69, 9.17) is 4.74 Å². The SMILES string of the molecule is CCNC1CCN(CCOc2ccccc2)C(C)C1. The number of rotatable bonds is 6. The molecule has 0 saturated carbocycles. The van der Waals surface area contributed by atoms with Gasteiger partial charge in [0, 0.05) is 25.2 Å². The fraction of sp³-hybridized carbons (Fsp3) is 0.625. The second-order valence-electron chi connectivity index (χ2n) is 5.33. The third-order valence-corrected chi connectivity index (χ3v) is 3.90. The predicted octanol–water partition coefficient (Wildman–Crippen LogP) is 2.53. The number of hydrogen-bond acceptors (Lipinski definition) is 3. The molecule has 1 N–H and O–H groups in total. The van der Waals surface area contributed by atoms with E-state index >= 15 is 0 Å². The Hall–Kier alpha value is -1.06. The van der Waals surface area contributed by atoms with E-state index in [0.29, 0.717) is 12.1 Å². The fourth-order valence-corrected chi connectivity index (χ4v) is 2.82. The summed E-state index contributed by atoms with van der Waals surface area (Å²) in [6.07, 6.45) is 2.50. The molecule has 0 aromatic heterocycles. The minimum atomic E-state index is 0.650. The van der Waals surface area contributed by atoms with Crippen LogP contribution < -0.4 is 10.1 Å².